The van der Waals surface area contributed by atoms with Gasteiger partial charge in [0.25, 0.3) is 0 Å². The minimum Gasteiger partial charge on any atom is -0.370 e. The van der Waals surface area contributed by atoms with Crippen LogP contribution in [0.1, 0.15) is 5.69 Å². The van der Waals surface area contributed by atoms with Crippen LogP contribution in [0.15, 0.2) is 36.4 Å². The molecule has 2 aliphatic heterocycles. The molecule has 0 saturated carbocycles. The van der Waals surface area contributed by atoms with Crippen molar-refractivity contribution in [2.75, 3.05) is 70.5 Å². The van der Waals surface area contributed by atoms with Gasteiger partial charge in [-0.25, -0.2) is 9.37 Å². The number of piperazine rings is 1. The van der Waals surface area contributed by atoms with Crippen LogP contribution in [0.5, 0.6) is 0 Å². The van der Waals surface area contributed by atoms with Crippen molar-refractivity contribution in [1.82, 2.24) is 14.6 Å². The second kappa shape index (κ2) is 8.90. The molecule has 0 aliphatic carbocycles. The van der Waals surface area contributed by atoms with Crippen LogP contribution >= 0.6 is 0 Å². The summed E-state index contributed by atoms with van der Waals surface area (Å²) in [5.41, 5.74) is 3.53. The van der Waals surface area contributed by atoms with Crippen molar-refractivity contribution < 1.29 is 18.9 Å². The topological polar surface area (TPSA) is 51.5 Å². The Balaban J connectivity index is 1.29. The van der Waals surface area contributed by atoms with E-state index in [4.69, 9.17) is 9.84 Å². The number of aryl methyl sites for hydroxylation is 1. The zero-order valence-electron chi connectivity index (χ0n) is 18.1. The lowest BCUT2D eigenvalue weighted by atomic mass is 10.1. The number of benzene rings is 1. The van der Waals surface area contributed by atoms with Crippen LogP contribution in [0, 0.1) is 12.7 Å². The Hall–Kier alpha value is -2.55. The van der Waals surface area contributed by atoms with Crippen LogP contribution in [0.25, 0.3) is 16.9 Å². The first-order valence-corrected chi connectivity index (χ1v) is 11.3. The fraction of sp³-hybridized carbons (Fsp3) is 0.478. The van der Waals surface area contributed by atoms with Crippen molar-refractivity contribution in [2.45, 2.75) is 6.92 Å². The fourth-order valence-corrected chi connectivity index (χ4v) is 4.63. The van der Waals surface area contributed by atoms with Gasteiger partial charge in [-0.05, 0) is 31.2 Å². The van der Waals surface area contributed by atoms with E-state index in [0.717, 1.165) is 80.9 Å². The first-order valence-electron chi connectivity index (χ1n) is 11.3. The van der Waals surface area contributed by atoms with Gasteiger partial charge in [0, 0.05) is 23.4 Å². The molecule has 0 radical (unpaired) electrons. The Morgan fingerprint density at radius 1 is 0.968 bits per heavy atom. The van der Waals surface area contributed by atoms with E-state index in [1.165, 1.54) is 25.2 Å². The maximum absolute atomic E-state index is 13.3. The van der Waals surface area contributed by atoms with E-state index in [1.807, 2.05) is 17.5 Å². The molecule has 8 heteroatoms. The van der Waals surface area contributed by atoms with Crippen LogP contribution in [0.3, 0.4) is 0 Å². The van der Waals surface area contributed by atoms with Gasteiger partial charge in [0.1, 0.15) is 37.8 Å². The lowest BCUT2D eigenvalue weighted by Gasteiger charge is -2.34. The molecule has 31 heavy (non-hydrogen) atoms. The van der Waals surface area contributed by atoms with Gasteiger partial charge in [-0.2, -0.15) is 9.61 Å². The van der Waals surface area contributed by atoms with Gasteiger partial charge in [0.15, 0.2) is 5.65 Å². The van der Waals surface area contributed by atoms with Crippen LogP contribution in [0.4, 0.5) is 10.2 Å². The molecule has 2 N–H and O–H groups in total. The monoisotopic (exact) mass is 426 g/mol. The molecule has 2 aromatic heterocycles. The SMILES string of the molecule is Cc1cc(N2CC[NH+](CC[NH+]3CCOCC3)CC2)n2nc(-c3ccc(F)cc3)cc2n1. The van der Waals surface area contributed by atoms with Crippen molar-refractivity contribution in [3.8, 4) is 11.3 Å². The first kappa shape index (κ1) is 20.4. The summed E-state index contributed by atoms with van der Waals surface area (Å²) in [4.78, 5) is 10.5. The zero-order chi connectivity index (χ0) is 21.2. The highest BCUT2D eigenvalue weighted by Gasteiger charge is 2.24. The molecule has 0 bridgehead atoms. The number of rotatable bonds is 5. The van der Waals surface area contributed by atoms with Gasteiger partial charge in [-0.15, -0.1) is 0 Å². The smallest absolute Gasteiger partial charge is 0.158 e. The second-order valence-electron chi connectivity index (χ2n) is 8.66. The van der Waals surface area contributed by atoms with Crippen LogP contribution in [-0.2, 0) is 4.74 Å². The molecule has 2 aliphatic rings. The maximum Gasteiger partial charge on any atom is 0.158 e. The maximum atomic E-state index is 13.3. The molecule has 2 fully saturated rings. The number of aromatic nitrogens is 3. The average Bonchev–Trinajstić information content (AvgIpc) is 3.22. The van der Waals surface area contributed by atoms with Crippen molar-refractivity contribution in [1.29, 1.82) is 0 Å². The standard InChI is InChI=1S/C23H29FN6O/c1-18-16-23(29-10-8-27(9-11-29)6-7-28-12-14-31-15-13-28)30-22(25-18)17-21(26-30)19-2-4-20(24)5-3-19/h2-5,16-17H,6-15H2,1H3/p+2. The Morgan fingerprint density at radius 2 is 1.65 bits per heavy atom. The summed E-state index contributed by atoms with van der Waals surface area (Å²) in [6.45, 7) is 12.9. The summed E-state index contributed by atoms with van der Waals surface area (Å²) in [5.74, 6) is 0.853. The first-order chi connectivity index (χ1) is 15.2. The molecule has 7 nitrogen and oxygen atoms in total. The molecular weight excluding hydrogens is 395 g/mol. The lowest BCUT2D eigenvalue weighted by Crippen LogP contribution is -3.22. The summed E-state index contributed by atoms with van der Waals surface area (Å²) in [7, 11) is 0. The molecule has 2 saturated heterocycles. The molecular formula is C23H31FN6O+2. The number of hydrogen-bond acceptors (Lipinski definition) is 4. The lowest BCUT2D eigenvalue weighted by molar-refractivity contribution is -0.961. The number of hydrogen-bond donors (Lipinski definition) is 2. The minimum atomic E-state index is -0.238. The summed E-state index contributed by atoms with van der Waals surface area (Å²) < 4.78 is 20.7. The highest BCUT2D eigenvalue weighted by Crippen LogP contribution is 2.24. The molecule has 0 spiro atoms. The van der Waals surface area contributed by atoms with E-state index in [-0.39, 0.29) is 5.82 Å². The summed E-state index contributed by atoms with van der Waals surface area (Å²) >= 11 is 0. The fourth-order valence-electron chi connectivity index (χ4n) is 4.63. The zero-order valence-corrected chi connectivity index (χ0v) is 18.1. The predicted octanol–water partition coefficient (Wildman–Crippen LogP) is -0.536. The summed E-state index contributed by atoms with van der Waals surface area (Å²) in [5, 5.41) is 4.81. The van der Waals surface area contributed by atoms with Crippen molar-refractivity contribution in [3.05, 3.63) is 47.9 Å². The van der Waals surface area contributed by atoms with E-state index < -0.39 is 0 Å². The quantitative estimate of drug-likeness (QED) is 0.576. The van der Waals surface area contributed by atoms with Crippen molar-refractivity contribution in [2.24, 2.45) is 0 Å². The highest BCUT2D eigenvalue weighted by molar-refractivity contribution is 5.66. The van der Waals surface area contributed by atoms with Crippen molar-refractivity contribution in [3.63, 3.8) is 0 Å². The number of quaternary nitrogens is 2. The molecule has 1 aromatic carbocycles. The van der Waals surface area contributed by atoms with Crippen LogP contribution < -0.4 is 14.7 Å². The largest absolute Gasteiger partial charge is 0.370 e. The van der Waals surface area contributed by atoms with E-state index in [1.54, 1.807) is 21.9 Å². The Bertz CT molecular complexity index is 1020. The molecule has 0 amide bonds. The van der Waals surface area contributed by atoms with E-state index in [2.05, 4.69) is 16.0 Å². The van der Waals surface area contributed by atoms with Gasteiger partial charge in [0.2, 0.25) is 0 Å². The van der Waals surface area contributed by atoms with Gasteiger partial charge in [0.05, 0.1) is 45.1 Å². The summed E-state index contributed by atoms with van der Waals surface area (Å²) in [6, 6.07) is 10.6. The Morgan fingerprint density at radius 3 is 2.35 bits per heavy atom. The number of morpholine rings is 1. The molecule has 5 rings (SSSR count). The predicted molar refractivity (Wildman–Crippen MR) is 117 cm³/mol. The number of anilines is 1. The molecule has 0 unspecified atom stereocenters. The van der Waals surface area contributed by atoms with E-state index in [9.17, 15) is 4.39 Å². The third-order valence-electron chi connectivity index (χ3n) is 6.50. The van der Waals surface area contributed by atoms with E-state index >= 15 is 0 Å². The van der Waals surface area contributed by atoms with Gasteiger partial charge in [-0.1, -0.05) is 0 Å². The Kier molecular flexibility index (Phi) is 5.85. The highest BCUT2D eigenvalue weighted by atomic mass is 19.1. The normalized spacial score (nSPS) is 18.7. The number of nitrogens with zero attached hydrogens (tertiary/aromatic N) is 4. The number of fused-ring (bicyclic) bond motifs is 1. The summed E-state index contributed by atoms with van der Waals surface area (Å²) in [6.07, 6.45) is 0. The number of ether oxygens (including phenoxy) is 1. The molecule has 4 heterocycles. The van der Waals surface area contributed by atoms with Crippen LogP contribution in [0.2, 0.25) is 0 Å². The minimum absolute atomic E-state index is 0.238. The van der Waals surface area contributed by atoms with Crippen LogP contribution in [-0.4, -0.2) is 80.2 Å². The van der Waals surface area contributed by atoms with E-state index in [0.29, 0.717) is 0 Å². The third kappa shape index (κ3) is 4.56. The molecule has 164 valence electrons. The Labute approximate surface area is 182 Å². The van der Waals surface area contributed by atoms with Crippen molar-refractivity contribution >= 4 is 11.5 Å². The van der Waals surface area contributed by atoms with Gasteiger partial charge in [-0.3, -0.25) is 0 Å². The van der Waals surface area contributed by atoms with Gasteiger partial charge >= 0.3 is 0 Å². The average molecular weight is 427 g/mol. The third-order valence-corrected chi connectivity index (χ3v) is 6.50. The molecule has 3 aromatic rings. The second-order valence-corrected chi connectivity index (χ2v) is 8.66. The number of nitrogens with one attached hydrogen (secondary N) is 2. The molecule has 0 atom stereocenters. The number of halogens is 1. The van der Waals surface area contributed by atoms with Gasteiger partial charge < -0.3 is 19.4 Å².